The van der Waals surface area contributed by atoms with Crippen LogP contribution in [0.15, 0.2) is 18.2 Å². The predicted octanol–water partition coefficient (Wildman–Crippen LogP) is 2.64. The standard InChI is InChI=1S/C18H22N6O/c1-12-7-16(23-22-12)20-15-8-14(18(11-19)3-4-18)9-17(21-15)24-5-6-25-10-13(24)2/h7-9,13H,3-6,10H2,1-2H3,(H2,20,21,22,23)/t13-/m1/s1. The molecule has 0 aromatic carbocycles. The number of hydrogen-bond acceptors (Lipinski definition) is 6. The molecule has 1 aliphatic carbocycles. The summed E-state index contributed by atoms with van der Waals surface area (Å²) in [5.41, 5.74) is 1.66. The van der Waals surface area contributed by atoms with Gasteiger partial charge in [0.05, 0.1) is 30.7 Å². The van der Waals surface area contributed by atoms with Gasteiger partial charge in [-0.15, -0.1) is 0 Å². The van der Waals surface area contributed by atoms with Crippen LogP contribution >= 0.6 is 0 Å². The second kappa shape index (κ2) is 6.05. The van der Waals surface area contributed by atoms with Crippen molar-refractivity contribution in [3.05, 3.63) is 29.5 Å². The molecule has 1 saturated carbocycles. The number of aromatic nitrogens is 3. The molecule has 2 aromatic rings. The first-order valence-corrected chi connectivity index (χ1v) is 8.67. The van der Waals surface area contributed by atoms with Gasteiger partial charge in [0.2, 0.25) is 0 Å². The molecule has 130 valence electrons. The lowest BCUT2D eigenvalue weighted by atomic mass is 9.98. The molecule has 0 unspecified atom stereocenters. The molecular formula is C18H22N6O. The second-order valence-electron chi connectivity index (χ2n) is 6.97. The molecule has 7 nitrogen and oxygen atoms in total. The third kappa shape index (κ3) is 3.05. The zero-order valence-electron chi connectivity index (χ0n) is 14.5. The lowest BCUT2D eigenvalue weighted by molar-refractivity contribution is 0.0985. The van der Waals surface area contributed by atoms with E-state index in [1.807, 2.05) is 19.1 Å². The zero-order valence-corrected chi connectivity index (χ0v) is 14.5. The fourth-order valence-corrected chi connectivity index (χ4v) is 3.27. The summed E-state index contributed by atoms with van der Waals surface area (Å²) < 4.78 is 5.54. The first-order valence-electron chi connectivity index (χ1n) is 8.67. The van der Waals surface area contributed by atoms with Crippen LogP contribution in [-0.4, -0.2) is 41.0 Å². The SMILES string of the molecule is Cc1cc(Nc2cc(C3(C#N)CC3)cc(N3CCOC[C@H]3C)n2)n[nH]1. The van der Waals surface area contributed by atoms with E-state index in [1.54, 1.807) is 0 Å². The quantitative estimate of drug-likeness (QED) is 0.891. The van der Waals surface area contributed by atoms with E-state index in [0.717, 1.165) is 48.1 Å². The molecule has 4 rings (SSSR count). The van der Waals surface area contributed by atoms with Crippen molar-refractivity contribution < 1.29 is 4.74 Å². The Morgan fingerprint density at radius 1 is 1.36 bits per heavy atom. The van der Waals surface area contributed by atoms with Gasteiger partial charge in [-0.2, -0.15) is 10.4 Å². The minimum atomic E-state index is -0.356. The lowest BCUT2D eigenvalue weighted by Crippen LogP contribution is -2.44. The second-order valence-corrected chi connectivity index (χ2v) is 6.97. The van der Waals surface area contributed by atoms with Crippen LogP contribution in [0.4, 0.5) is 17.5 Å². The van der Waals surface area contributed by atoms with Gasteiger partial charge in [-0.1, -0.05) is 0 Å². The van der Waals surface area contributed by atoms with Gasteiger partial charge in [-0.25, -0.2) is 4.98 Å². The van der Waals surface area contributed by atoms with Crippen LogP contribution in [0.25, 0.3) is 0 Å². The van der Waals surface area contributed by atoms with Crippen LogP contribution in [0.5, 0.6) is 0 Å². The Labute approximate surface area is 147 Å². The highest BCUT2D eigenvalue weighted by Crippen LogP contribution is 2.48. The summed E-state index contributed by atoms with van der Waals surface area (Å²) in [5, 5.41) is 20.0. The van der Waals surface area contributed by atoms with Crippen LogP contribution in [-0.2, 0) is 10.2 Å². The molecule has 0 spiro atoms. The molecule has 7 heteroatoms. The molecule has 0 amide bonds. The fraction of sp³-hybridized carbons (Fsp3) is 0.500. The summed E-state index contributed by atoms with van der Waals surface area (Å²) in [4.78, 5) is 7.04. The molecule has 1 saturated heterocycles. The summed E-state index contributed by atoms with van der Waals surface area (Å²) in [7, 11) is 0. The first kappa shape index (κ1) is 15.9. The number of anilines is 3. The monoisotopic (exact) mass is 338 g/mol. The van der Waals surface area contributed by atoms with Gasteiger partial charge in [-0.05, 0) is 44.4 Å². The third-order valence-electron chi connectivity index (χ3n) is 4.95. The van der Waals surface area contributed by atoms with Crippen molar-refractivity contribution in [1.82, 2.24) is 15.2 Å². The van der Waals surface area contributed by atoms with Gasteiger partial charge in [0.15, 0.2) is 5.82 Å². The molecule has 1 atom stereocenters. The number of H-pyrrole nitrogens is 1. The van der Waals surface area contributed by atoms with Crippen molar-refractivity contribution in [1.29, 1.82) is 5.26 Å². The normalized spacial score (nSPS) is 21.6. The molecule has 3 heterocycles. The Morgan fingerprint density at radius 2 is 2.20 bits per heavy atom. The number of nitrogens with zero attached hydrogens (tertiary/aromatic N) is 4. The Kier molecular flexibility index (Phi) is 3.85. The highest BCUT2D eigenvalue weighted by Gasteiger charge is 2.45. The fourth-order valence-electron chi connectivity index (χ4n) is 3.27. The van der Waals surface area contributed by atoms with Crippen molar-refractivity contribution in [3.63, 3.8) is 0 Å². The molecule has 0 bridgehead atoms. The molecule has 2 aliphatic rings. The van der Waals surface area contributed by atoms with Gasteiger partial charge in [-0.3, -0.25) is 5.10 Å². The highest BCUT2D eigenvalue weighted by atomic mass is 16.5. The summed E-state index contributed by atoms with van der Waals surface area (Å²) >= 11 is 0. The summed E-state index contributed by atoms with van der Waals surface area (Å²) in [6, 6.07) is 8.73. The number of pyridine rings is 1. The van der Waals surface area contributed by atoms with Crippen LogP contribution < -0.4 is 10.2 Å². The van der Waals surface area contributed by atoms with E-state index in [2.05, 4.69) is 39.5 Å². The van der Waals surface area contributed by atoms with Gasteiger partial charge >= 0.3 is 0 Å². The number of hydrogen-bond donors (Lipinski definition) is 2. The smallest absolute Gasteiger partial charge is 0.153 e. The van der Waals surface area contributed by atoms with Crippen molar-refractivity contribution in [2.24, 2.45) is 0 Å². The molecule has 25 heavy (non-hydrogen) atoms. The average molecular weight is 338 g/mol. The van der Waals surface area contributed by atoms with E-state index >= 15 is 0 Å². The third-order valence-corrected chi connectivity index (χ3v) is 4.95. The van der Waals surface area contributed by atoms with Crippen LogP contribution in [0.3, 0.4) is 0 Å². The van der Waals surface area contributed by atoms with Gasteiger partial charge in [0, 0.05) is 18.3 Å². The molecule has 0 radical (unpaired) electrons. The van der Waals surface area contributed by atoms with E-state index in [9.17, 15) is 5.26 Å². The minimum Gasteiger partial charge on any atom is -0.377 e. The Bertz CT molecular complexity index is 819. The summed E-state index contributed by atoms with van der Waals surface area (Å²) in [6.07, 6.45) is 1.82. The maximum absolute atomic E-state index is 9.61. The van der Waals surface area contributed by atoms with Gasteiger partial charge < -0.3 is 15.0 Å². The number of rotatable bonds is 4. The van der Waals surface area contributed by atoms with Crippen molar-refractivity contribution in [3.8, 4) is 6.07 Å². The molecule has 1 aliphatic heterocycles. The minimum absolute atomic E-state index is 0.259. The van der Waals surface area contributed by atoms with Crippen molar-refractivity contribution in [2.45, 2.75) is 38.1 Å². The van der Waals surface area contributed by atoms with E-state index in [4.69, 9.17) is 9.72 Å². The largest absolute Gasteiger partial charge is 0.377 e. The van der Waals surface area contributed by atoms with Gasteiger partial charge in [0.1, 0.15) is 11.6 Å². The maximum Gasteiger partial charge on any atom is 0.153 e. The van der Waals surface area contributed by atoms with Crippen LogP contribution in [0, 0.1) is 18.3 Å². The predicted molar refractivity (Wildman–Crippen MR) is 95.0 cm³/mol. The van der Waals surface area contributed by atoms with Crippen LogP contribution in [0.2, 0.25) is 0 Å². The topological polar surface area (TPSA) is 89.9 Å². The number of nitriles is 1. The summed E-state index contributed by atoms with van der Waals surface area (Å²) in [5.74, 6) is 2.34. The lowest BCUT2D eigenvalue weighted by Gasteiger charge is -2.34. The summed E-state index contributed by atoms with van der Waals surface area (Å²) in [6.45, 7) is 6.28. The number of morpholine rings is 1. The van der Waals surface area contributed by atoms with Gasteiger partial charge in [0.25, 0.3) is 0 Å². The zero-order chi connectivity index (χ0) is 17.4. The molecule has 2 N–H and O–H groups in total. The molecule has 2 aromatic heterocycles. The first-order chi connectivity index (χ1) is 12.1. The maximum atomic E-state index is 9.61. The Hall–Kier alpha value is -2.59. The van der Waals surface area contributed by atoms with Crippen LogP contribution in [0.1, 0.15) is 31.0 Å². The van der Waals surface area contributed by atoms with Crippen molar-refractivity contribution >= 4 is 17.5 Å². The van der Waals surface area contributed by atoms with E-state index in [1.165, 1.54) is 0 Å². The molecule has 2 fully saturated rings. The highest BCUT2D eigenvalue weighted by molar-refractivity contribution is 5.60. The van der Waals surface area contributed by atoms with E-state index in [-0.39, 0.29) is 11.5 Å². The molecular weight excluding hydrogens is 316 g/mol. The average Bonchev–Trinajstić information content (AvgIpc) is 3.32. The van der Waals surface area contributed by atoms with E-state index in [0.29, 0.717) is 13.2 Å². The number of nitrogens with one attached hydrogen (secondary N) is 2. The van der Waals surface area contributed by atoms with E-state index < -0.39 is 0 Å². The number of ether oxygens (including phenoxy) is 1. The Balaban J connectivity index is 1.71. The van der Waals surface area contributed by atoms with Crippen molar-refractivity contribution in [2.75, 3.05) is 30.0 Å². The number of aromatic amines is 1. The Morgan fingerprint density at radius 3 is 2.84 bits per heavy atom. The number of aryl methyl sites for hydroxylation is 1.